The van der Waals surface area contributed by atoms with Gasteiger partial charge < -0.3 is 24.3 Å². The summed E-state index contributed by atoms with van der Waals surface area (Å²) in [5, 5.41) is 3.58. The van der Waals surface area contributed by atoms with Crippen molar-refractivity contribution >= 4 is 40.5 Å². The summed E-state index contributed by atoms with van der Waals surface area (Å²) in [5.41, 5.74) is 3.07. The van der Waals surface area contributed by atoms with Gasteiger partial charge in [0.15, 0.2) is 0 Å². The van der Waals surface area contributed by atoms with Crippen molar-refractivity contribution in [3.63, 3.8) is 0 Å². The van der Waals surface area contributed by atoms with Crippen LogP contribution >= 0.6 is 0 Å². The molecule has 0 spiro atoms. The van der Waals surface area contributed by atoms with Crippen LogP contribution < -0.4 is 10.2 Å². The van der Waals surface area contributed by atoms with Gasteiger partial charge in [0.05, 0.1) is 18.8 Å². The van der Waals surface area contributed by atoms with Crippen molar-refractivity contribution in [2.75, 3.05) is 31.1 Å². The van der Waals surface area contributed by atoms with E-state index in [1.807, 2.05) is 35.2 Å². The molecule has 10 nitrogen and oxygen atoms in total. The third-order valence-corrected chi connectivity index (χ3v) is 7.70. The summed E-state index contributed by atoms with van der Waals surface area (Å²) in [7, 11) is 0. The molecule has 39 heavy (non-hydrogen) atoms. The summed E-state index contributed by atoms with van der Waals surface area (Å²) < 4.78 is 11.2. The number of nitrogens with zero attached hydrogens (tertiary/aromatic N) is 3. The molecule has 0 atom stereocenters. The van der Waals surface area contributed by atoms with Crippen molar-refractivity contribution in [3.8, 4) is 0 Å². The molecule has 0 radical (unpaired) electrons. The van der Waals surface area contributed by atoms with E-state index < -0.39 is 0 Å². The summed E-state index contributed by atoms with van der Waals surface area (Å²) in [6.45, 7) is 2.23. The number of anilines is 1. The number of amides is 4. The Morgan fingerprint density at radius 3 is 2.62 bits per heavy atom. The van der Waals surface area contributed by atoms with E-state index in [1.165, 1.54) is 0 Å². The fraction of sp³-hybridized carbons (Fsp3) is 0.379. The van der Waals surface area contributed by atoms with Gasteiger partial charge in [0.1, 0.15) is 18.0 Å². The van der Waals surface area contributed by atoms with Crippen molar-refractivity contribution in [2.24, 2.45) is 0 Å². The van der Waals surface area contributed by atoms with Crippen LogP contribution in [0.25, 0.3) is 11.0 Å². The summed E-state index contributed by atoms with van der Waals surface area (Å²) in [6.07, 6.45) is 2.28. The third-order valence-electron chi connectivity index (χ3n) is 7.70. The molecule has 0 saturated carbocycles. The smallest absolute Gasteiger partial charge is 0.414 e. The summed E-state index contributed by atoms with van der Waals surface area (Å²) in [6, 6.07) is 14.9. The van der Waals surface area contributed by atoms with E-state index in [1.54, 1.807) is 28.0 Å². The van der Waals surface area contributed by atoms with Crippen LogP contribution in [0, 0.1) is 0 Å². The third kappa shape index (κ3) is 5.06. The first-order valence-corrected chi connectivity index (χ1v) is 13.4. The Bertz CT molecular complexity index is 1440. The lowest BCUT2D eigenvalue weighted by atomic mass is 10.00. The van der Waals surface area contributed by atoms with Crippen LogP contribution in [0.4, 0.5) is 10.5 Å². The summed E-state index contributed by atoms with van der Waals surface area (Å²) in [5.74, 6) is 0.287. The quantitative estimate of drug-likeness (QED) is 0.523. The Kier molecular flexibility index (Phi) is 6.68. The van der Waals surface area contributed by atoms with Gasteiger partial charge in [-0.15, -0.1) is 0 Å². The maximum absolute atomic E-state index is 13.3. The fourth-order valence-electron chi connectivity index (χ4n) is 5.64. The first-order chi connectivity index (χ1) is 19.0. The van der Waals surface area contributed by atoms with E-state index in [-0.39, 0.29) is 49.6 Å². The molecule has 2 saturated heterocycles. The SMILES string of the molecule is O=C(CN1CCCC1=O)NCc1cc2cc(C(=O)N3CCC(N4C(=O)OCc5ccccc54)CC3)ccc2o1. The average molecular weight is 531 g/mol. The molecule has 1 N–H and O–H groups in total. The number of furan rings is 1. The zero-order valence-electron chi connectivity index (χ0n) is 21.6. The Hall–Kier alpha value is -4.34. The maximum Gasteiger partial charge on any atom is 0.414 e. The van der Waals surface area contributed by atoms with Crippen LogP contribution in [0.1, 0.15) is 47.4 Å². The van der Waals surface area contributed by atoms with E-state index in [2.05, 4.69) is 5.32 Å². The minimum atomic E-state index is -0.333. The second kappa shape index (κ2) is 10.4. The van der Waals surface area contributed by atoms with Gasteiger partial charge >= 0.3 is 6.09 Å². The van der Waals surface area contributed by atoms with Gasteiger partial charge in [-0.2, -0.15) is 0 Å². The highest BCUT2D eigenvalue weighted by Gasteiger charge is 2.35. The van der Waals surface area contributed by atoms with Gasteiger partial charge in [-0.05, 0) is 49.6 Å². The number of para-hydroxylation sites is 1. The lowest BCUT2D eigenvalue weighted by molar-refractivity contribution is -0.133. The van der Waals surface area contributed by atoms with Gasteiger partial charge in [0, 0.05) is 48.6 Å². The molecule has 2 fully saturated rings. The highest BCUT2D eigenvalue weighted by molar-refractivity contribution is 5.98. The molecule has 202 valence electrons. The molecule has 3 aromatic rings. The predicted octanol–water partition coefficient (Wildman–Crippen LogP) is 3.43. The first-order valence-electron chi connectivity index (χ1n) is 13.4. The molecule has 4 heterocycles. The molecular formula is C29H30N4O6. The van der Waals surface area contributed by atoms with Gasteiger partial charge in [-0.3, -0.25) is 19.3 Å². The van der Waals surface area contributed by atoms with Crippen LogP contribution in [-0.2, 0) is 27.5 Å². The number of carbonyl (C=O) groups excluding carboxylic acids is 4. The number of nitrogens with one attached hydrogen (secondary N) is 1. The van der Waals surface area contributed by atoms with E-state index >= 15 is 0 Å². The van der Waals surface area contributed by atoms with Gasteiger partial charge in [-0.25, -0.2) is 4.79 Å². The zero-order valence-corrected chi connectivity index (χ0v) is 21.6. The predicted molar refractivity (Wildman–Crippen MR) is 142 cm³/mol. The number of likely N-dealkylation sites (tertiary alicyclic amines) is 2. The van der Waals surface area contributed by atoms with Crippen LogP contribution in [0.3, 0.4) is 0 Å². The standard InChI is InChI=1S/C29H30N4O6/c34-26(17-32-11-3-6-27(32)35)30-16-23-15-21-14-19(7-8-25(21)39-23)28(36)31-12-9-22(10-13-31)33-24-5-2-1-4-20(24)18-38-29(33)37/h1-2,4-5,7-8,14-15,22H,3,6,9-13,16-18H2,(H,30,34). The second-order valence-corrected chi connectivity index (χ2v) is 10.2. The van der Waals surface area contributed by atoms with E-state index in [4.69, 9.17) is 9.15 Å². The van der Waals surface area contributed by atoms with Crippen molar-refractivity contribution in [3.05, 3.63) is 65.4 Å². The van der Waals surface area contributed by atoms with E-state index in [0.717, 1.165) is 23.1 Å². The monoisotopic (exact) mass is 530 g/mol. The number of ether oxygens (including phenoxy) is 1. The summed E-state index contributed by atoms with van der Waals surface area (Å²) in [4.78, 5) is 54.9. The van der Waals surface area contributed by atoms with Crippen LogP contribution in [0.15, 0.2) is 52.9 Å². The first kappa shape index (κ1) is 25.0. The number of fused-ring (bicyclic) bond motifs is 2. The van der Waals surface area contributed by atoms with Crippen molar-refractivity contribution in [1.82, 2.24) is 15.1 Å². The fourth-order valence-corrected chi connectivity index (χ4v) is 5.64. The highest BCUT2D eigenvalue weighted by Crippen LogP contribution is 2.32. The number of carbonyl (C=O) groups is 4. The average Bonchev–Trinajstić information content (AvgIpc) is 3.56. The molecule has 3 aliphatic rings. The normalized spacial score (nSPS) is 17.9. The molecule has 4 amide bonds. The van der Waals surface area contributed by atoms with Crippen molar-refractivity contribution in [1.29, 1.82) is 0 Å². The lowest BCUT2D eigenvalue weighted by Gasteiger charge is -2.40. The Morgan fingerprint density at radius 1 is 1.00 bits per heavy atom. The Morgan fingerprint density at radius 2 is 1.82 bits per heavy atom. The largest absolute Gasteiger partial charge is 0.459 e. The number of hydrogen-bond donors (Lipinski definition) is 1. The number of cyclic esters (lactones) is 1. The summed E-state index contributed by atoms with van der Waals surface area (Å²) >= 11 is 0. The molecule has 0 unspecified atom stereocenters. The molecule has 0 aliphatic carbocycles. The number of piperidine rings is 1. The Labute approximate surface area is 225 Å². The number of rotatable bonds is 6. The minimum Gasteiger partial charge on any atom is -0.459 e. The molecule has 1 aromatic heterocycles. The van der Waals surface area contributed by atoms with Crippen LogP contribution in [0.2, 0.25) is 0 Å². The van der Waals surface area contributed by atoms with Crippen LogP contribution in [-0.4, -0.2) is 65.8 Å². The topological polar surface area (TPSA) is 112 Å². The van der Waals surface area contributed by atoms with E-state index in [9.17, 15) is 19.2 Å². The lowest BCUT2D eigenvalue weighted by Crippen LogP contribution is -2.50. The number of benzene rings is 2. The molecule has 3 aliphatic heterocycles. The molecular weight excluding hydrogens is 500 g/mol. The van der Waals surface area contributed by atoms with Crippen LogP contribution in [0.5, 0.6) is 0 Å². The number of hydrogen-bond acceptors (Lipinski definition) is 6. The molecule has 10 heteroatoms. The molecule has 0 bridgehead atoms. The molecule has 2 aromatic carbocycles. The van der Waals surface area contributed by atoms with Gasteiger partial charge in [0.2, 0.25) is 11.8 Å². The van der Waals surface area contributed by atoms with Crippen molar-refractivity contribution in [2.45, 2.75) is 44.9 Å². The molecule has 6 rings (SSSR count). The second-order valence-electron chi connectivity index (χ2n) is 10.2. The minimum absolute atomic E-state index is 0.00893. The van der Waals surface area contributed by atoms with Crippen molar-refractivity contribution < 1.29 is 28.3 Å². The highest BCUT2D eigenvalue weighted by atomic mass is 16.6. The van der Waals surface area contributed by atoms with E-state index in [0.29, 0.717) is 55.8 Å². The van der Waals surface area contributed by atoms with Gasteiger partial charge in [-0.1, -0.05) is 18.2 Å². The zero-order chi connectivity index (χ0) is 26.9. The Balaban J connectivity index is 1.06. The van der Waals surface area contributed by atoms with Gasteiger partial charge in [0.25, 0.3) is 5.91 Å². The maximum atomic E-state index is 13.3.